The van der Waals surface area contributed by atoms with Crippen molar-refractivity contribution in [3.05, 3.63) is 22.1 Å². The molecule has 0 saturated heterocycles. The van der Waals surface area contributed by atoms with Crippen molar-refractivity contribution in [1.82, 2.24) is 4.98 Å². The third-order valence-electron chi connectivity index (χ3n) is 1.63. The minimum atomic E-state index is -1.70. The van der Waals surface area contributed by atoms with Crippen LogP contribution in [0.4, 0.5) is 13.9 Å². The lowest BCUT2D eigenvalue weighted by molar-refractivity contribution is -0.116. The lowest BCUT2D eigenvalue weighted by atomic mass is 10.2. The molecule has 0 aliphatic rings. The topological polar surface area (TPSA) is 42.0 Å². The van der Waals surface area contributed by atoms with Crippen molar-refractivity contribution in [3.63, 3.8) is 0 Å². The lowest BCUT2D eigenvalue weighted by Crippen LogP contribution is -2.10. The molecule has 0 aliphatic carbocycles. The van der Waals surface area contributed by atoms with Gasteiger partial charge < -0.3 is 5.32 Å². The fraction of sp³-hybridized carbons (Fsp3) is 0.333. The summed E-state index contributed by atoms with van der Waals surface area (Å²) in [5.74, 6) is -0.213. The molecule has 1 aromatic rings. The first-order valence-corrected chi connectivity index (χ1v) is 6.11. The number of allylic oxidation sites excluding steroid dienone is 1. The Labute approximate surface area is 104 Å². The van der Waals surface area contributed by atoms with Crippen LogP contribution in [0.1, 0.15) is 19.3 Å². The number of nitrogens with one attached hydrogen (secondary N) is 1. The van der Waals surface area contributed by atoms with E-state index >= 15 is 0 Å². The molecule has 1 rings (SSSR count). The van der Waals surface area contributed by atoms with Gasteiger partial charge in [0, 0.05) is 6.42 Å². The number of nitrogens with zero attached hydrogens (tertiary/aromatic N) is 1. The van der Waals surface area contributed by atoms with Crippen LogP contribution in [0.25, 0.3) is 0 Å². The Morgan fingerprint density at radius 1 is 1.62 bits per heavy atom. The van der Waals surface area contributed by atoms with Crippen LogP contribution in [-0.4, -0.2) is 10.9 Å². The summed E-state index contributed by atoms with van der Waals surface area (Å²) in [6.45, 7) is 0. The number of thiazole rings is 1. The summed E-state index contributed by atoms with van der Waals surface area (Å²) in [5, 5.41) is 3.08. The number of carbonyl (C=O) groups excluding carboxylic acids is 1. The van der Waals surface area contributed by atoms with Crippen molar-refractivity contribution in [2.75, 3.05) is 5.32 Å². The fourth-order valence-electron chi connectivity index (χ4n) is 0.968. The van der Waals surface area contributed by atoms with Crippen LogP contribution in [0, 0.1) is 0 Å². The minimum Gasteiger partial charge on any atom is -0.302 e. The Bertz CT molecular complexity index is 391. The smallest absolute Gasteiger partial charge is 0.266 e. The van der Waals surface area contributed by atoms with Crippen molar-refractivity contribution < 1.29 is 13.6 Å². The Morgan fingerprint density at radius 3 is 2.94 bits per heavy atom. The first-order valence-electron chi connectivity index (χ1n) is 4.50. The van der Waals surface area contributed by atoms with E-state index in [1.54, 1.807) is 6.20 Å². The van der Waals surface area contributed by atoms with Gasteiger partial charge in [0.05, 0.1) is 9.98 Å². The molecule has 3 nitrogen and oxygen atoms in total. The maximum Gasteiger partial charge on any atom is 0.266 e. The number of anilines is 1. The Hall–Kier alpha value is -0.820. The van der Waals surface area contributed by atoms with E-state index < -0.39 is 6.08 Å². The third kappa shape index (κ3) is 5.32. The molecule has 0 atom stereocenters. The third-order valence-corrected chi connectivity index (χ3v) is 3.02. The van der Waals surface area contributed by atoms with E-state index in [-0.39, 0.29) is 18.7 Å². The monoisotopic (exact) mass is 310 g/mol. The summed E-state index contributed by atoms with van der Waals surface area (Å²) in [7, 11) is 0. The second-order valence-corrected chi connectivity index (χ2v) is 5.31. The highest BCUT2D eigenvalue weighted by atomic mass is 79.9. The number of aromatic nitrogens is 1. The minimum absolute atomic E-state index is 0.206. The van der Waals surface area contributed by atoms with Gasteiger partial charge in [-0.2, -0.15) is 8.78 Å². The van der Waals surface area contributed by atoms with E-state index in [0.29, 0.717) is 11.6 Å². The van der Waals surface area contributed by atoms with Crippen LogP contribution in [-0.2, 0) is 4.79 Å². The molecule has 0 saturated carbocycles. The molecule has 0 radical (unpaired) electrons. The molecule has 1 N–H and O–H groups in total. The summed E-state index contributed by atoms with van der Waals surface area (Å²) in [5.41, 5.74) is 0. The number of halogens is 3. The first-order chi connectivity index (χ1) is 7.58. The number of hydrogen-bond acceptors (Lipinski definition) is 3. The SMILES string of the molecule is O=C(CCCC=C(F)F)Nc1ncc(Br)s1. The summed E-state index contributed by atoms with van der Waals surface area (Å²) in [6, 6.07) is 0. The lowest BCUT2D eigenvalue weighted by Gasteiger charge is -1.99. The van der Waals surface area contributed by atoms with Gasteiger partial charge in [-0.15, -0.1) is 0 Å². The summed E-state index contributed by atoms with van der Waals surface area (Å²) < 4.78 is 24.1. The van der Waals surface area contributed by atoms with Gasteiger partial charge in [0.15, 0.2) is 5.13 Å². The molecule has 7 heteroatoms. The zero-order valence-corrected chi connectivity index (χ0v) is 10.6. The number of carbonyl (C=O) groups is 1. The second-order valence-electron chi connectivity index (χ2n) is 2.90. The Kier molecular flexibility index (Phi) is 5.54. The highest BCUT2D eigenvalue weighted by Gasteiger charge is 2.05. The summed E-state index contributed by atoms with van der Waals surface area (Å²) in [4.78, 5) is 15.2. The van der Waals surface area contributed by atoms with E-state index in [2.05, 4.69) is 26.2 Å². The molecule has 88 valence electrons. The zero-order chi connectivity index (χ0) is 12.0. The average molecular weight is 311 g/mol. The largest absolute Gasteiger partial charge is 0.302 e. The Balaban J connectivity index is 2.24. The van der Waals surface area contributed by atoms with Crippen molar-refractivity contribution in [1.29, 1.82) is 0 Å². The van der Waals surface area contributed by atoms with Crippen LogP contribution in [0.5, 0.6) is 0 Å². The van der Waals surface area contributed by atoms with Crippen LogP contribution in [0.3, 0.4) is 0 Å². The maximum atomic E-state index is 11.7. The number of rotatable bonds is 5. The maximum absolute atomic E-state index is 11.7. The first kappa shape index (κ1) is 13.2. The molecule has 16 heavy (non-hydrogen) atoms. The van der Waals surface area contributed by atoms with Crippen LogP contribution in [0.2, 0.25) is 0 Å². The molecule has 0 bridgehead atoms. The van der Waals surface area contributed by atoms with Gasteiger partial charge in [-0.05, 0) is 34.8 Å². The van der Waals surface area contributed by atoms with E-state index in [0.717, 1.165) is 9.86 Å². The van der Waals surface area contributed by atoms with Crippen molar-refractivity contribution in [2.45, 2.75) is 19.3 Å². The number of unbranched alkanes of at least 4 members (excludes halogenated alkanes) is 1. The van der Waals surface area contributed by atoms with Crippen LogP contribution < -0.4 is 5.32 Å². The molecule has 0 aromatic carbocycles. The van der Waals surface area contributed by atoms with Crippen molar-refractivity contribution in [2.24, 2.45) is 0 Å². The zero-order valence-electron chi connectivity index (χ0n) is 8.17. The quantitative estimate of drug-likeness (QED) is 0.841. The highest BCUT2D eigenvalue weighted by molar-refractivity contribution is 9.11. The van der Waals surface area contributed by atoms with Crippen LogP contribution in [0.15, 0.2) is 22.1 Å². The molecule has 1 heterocycles. The standard InChI is InChI=1S/C9H9BrF2N2OS/c10-6-5-13-9(16-6)14-8(15)4-2-1-3-7(11)12/h3,5H,1-2,4H2,(H,13,14,15). The second kappa shape index (κ2) is 6.70. The van der Waals surface area contributed by atoms with Gasteiger partial charge >= 0.3 is 0 Å². The molecule has 0 spiro atoms. The van der Waals surface area contributed by atoms with E-state index in [9.17, 15) is 13.6 Å². The summed E-state index contributed by atoms with van der Waals surface area (Å²) in [6.07, 6.45) is 1.51. The molecule has 1 amide bonds. The van der Waals surface area contributed by atoms with Crippen molar-refractivity contribution in [3.8, 4) is 0 Å². The molecule has 0 fully saturated rings. The fourth-order valence-corrected chi connectivity index (χ4v) is 2.09. The molecule has 0 unspecified atom stereocenters. The van der Waals surface area contributed by atoms with E-state index in [4.69, 9.17) is 0 Å². The predicted octanol–water partition coefficient (Wildman–Crippen LogP) is 3.79. The van der Waals surface area contributed by atoms with Gasteiger partial charge in [-0.1, -0.05) is 11.3 Å². The molecule has 0 aliphatic heterocycles. The van der Waals surface area contributed by atoms with Gasteiger partial charge in [-0.3, -0.25) is 4.79 Å². The van der Waals surface area contributed by atoms with E-state index in [1.807, 2.05) is 0 Å². The highest BCUT2D eigenvalue weighted by Crippen LogP contribution is 2.23. The van der Waals surface area contributed by atoms with Gasteiger partial charge in [0.2, 0.25) is 5.91 Å². The van der Waals surface area contributed by atoms with Crippen LogP contribution >= 0.6 is 27.3 Å². The number of hydrogen-bond donors (Lipinski definition) is 1. The predicted molar refractivity (Wildman–Crippen MR) is 62.6 cm³/mol. The molecular formula is C9H9BrF2N2OS. The van der Waals surface area contributed by atoms with Gasteiger partial charge in [0.1, 0.15) is 0 Å². The summed E-state index contributed by atoms with van der Waals surface area (Å²) >= 11 is 4.52. The van der Waals surface area contributed by atoms with E-state index in [1.165, 1.54) is 11.3 Å². The number of amides is 1. The van der Waals surface area contributed by atoms with Gasteiger partial charge in [-0.25, -0.2) is 4.98 Å². The normalized spacial score (nSPS) is 9.94. The Morgan fingerprint density at radius 2 is 2.38 bits per heavy atom. The molecular weight excluding hydrogens is 302 g/mol. The van der Waals surface area contributed by atoms with Gasteiger partial charge in [0.25, 0.3) is 6.08 Å². The average Bonchev–Trinajstić information content (AvgIpc) is 2.58. The van der Waals surface area contributed by atoms with Crippen molar-refractivity contribution >= 4 is 38.3 Å². The molecule has 1 aromatic heterocycles.